The molecule has 106 valence electrons. The maximum atomic E-state index is 6.06. The fourth-order valence-electron chi connectivity index (χ4n) is 2.39. The summed E-state index contributed by atoms with van der Waals surface area (Å²) in [6.07, 6.45) is 0.923. The standard InChI is InChI=1S/C18H16ClNO/c1-2-13-7-3-6-10-17(13)21-18-11-14(12-19)15-8-4-5-9-16(15)20-18/h3-11H,2,12H2,1H3. The lowest BCUT2D eigenvalue weighted by molar-refractivity contribution is 0.459. The van der Waals surface area contributed by atoms with Crippen LogP contribution in [-0.2, 0) is 12.3 Å². The van der Waals surface area contributed by atoms with Gasteiger partial charge in [0.2, 0.25) is 5.88 Å². The van der Waals surface area contributed by atoms with Crippen molar-refractivity contribution in [2.24, 2.45) is 0 Å². The molecular formula is C18H16ClNO. The second-order valence-corrected chi connectivity index (χ2v) is 5.10. The van der Waals surface area contributed by atoms with Gasteiger partial charge in [-0.2, -0.15) is 0 Å². The summed E-state index contributed by atoms with van der Waals surface area (Å²) in [6.45, 7) is 2.11. The highest BCUT2D eigenvalue weighted by molar-refractivity contribution is 6.18. The number of para-hydroxylation sites is 2. The summed E-state index contributed by atoms with van der Waals surface area (Å²) in [5, 5.41) is 1.07. The van der Waals surface area contributed by atoms with E-state index in [4.69, 9.17) is 16.3 Å². The van der Waals surface area contributed by atoms with Crippen LogP contribution in [0.25, 0.3) is 10.9 Å². The number of fused-ring (bicyclic) bond motifs is 1. The van der Waals surface area contributed by atoms with Crippen LogP contribution in [0.2, 0.25) is 0 Å². The van der Waals surface area contributed by atoms with Crippen molar-refractivity contribution in [1.29, 1.82) is 0 Å². The van der Waals surface area contributed by atoms with Gasteiger partial charge in [-0.3, -0.25) is 0 Å². The molecule has 21 heavy (non-hydrogen) atoms. The number of pyridine rings is 1. The van der Waals surface area contributed by atoms with Crippen LogP contribution in [0.15, 0.2) is 54.6 Å². The van der Waals surface area contributed by atoms with Crippen LogP contribution in [0, 0.1) is 0 Å². The van der Waals surface area contributed by atoms with Gasteiger partial charge in [0, 0.05) is 17.3 Å². The van der Waals surface area contributed by atoms with E-state index < -0.39 is 0 Å². The quantitative estimate of drug-likeness (QED) is 0.607. The first-order valence-corrected chi connectivity index (χ1v) is 7.55. The third kappa shape index (κ3) is 2.86. The Kier molecular flexibility index (Phi) is 4.07. The molecule has 1 heterocycles. The number of aryl methyl sites for hydroxylation is 1. The van der Waals surface area contributed by atoms with E-state index in [1.165, 1.54) is 5.56 Å². The van der Waals surface area contributed by atoms with Crippen molar-refractivity contribution in [1.82, 2.24) is 4.98 Å². The highest BCUT2D eigenvalue weighted by Crippen LogP contribution is 2.28. The monoisotopic (exact) mass is 297 g/mol. The van der Waals surface area contributed by atoms with Gasteiger partial charge in [0.15, 0.2) is 0 Å². The Hall–Kier alpha value is -2.06. The average Bonchev–Trinajstić information content (AvgIpc) is 2.54. The summed E-state index contributed by atoms with van der Waals surface area (Å²) in [7, 11) is 0. The van der Waals surface area contributed by atoms with Crippen molar-refractivity contribution in [3.8, 4) is 11.6 Å². The van der Waals surface area contributed by atoms with Gasteiger partial charge in [-0.05, 0) is 29.7 Å². The van der Waals surface area contributed by atoms with Crippen LogP contribution in [0.5, 0.6) is 11.6 Å². The number of nitrogens with zero attached hydrogens (tertiary/aromatic N) is 1. The number of hydrogen-bond acceptors (Lipinski definition) is 2. The first-order chi connectivity index (χ1) is 10.3. The summed E-state index contributed by atoms with van der Waals surface area (Å²) >= 11 is 6.06. The van der Waals surface area contributed by atoms with Crippen LogP contribution >= 0.6 is 11.6 Å². The van der Waals surface area contributed by atoms with Gasteiger partial charge in [0.1, 0.15) is 5.75 Å². The molecule has 3 aromatic rings. The van der Waals surface area contributed by atoms with Gasteiger partial charge >= 0.3 is 0 Å². The minimum absolute atomic E-state index is 0.439. The molecule has 0 aliphatic rings. The highest BCUT2D eigenvalue weighted by Gasteiger charge is 2.08. The molecule has 0 radical (unpaired) electrons. The number of aromatic nitrogens is 1. The molecule has 3 heteroatoms. The maximum absolute atomic E-state index is 6.06. The van der Waals surface area contributed by atoms with Crippen molar-refractivity contribution in [2.75, 3.05) is 0 Å². The number of alkyl halides is 1. The second-order valence-electron chi connectivity index (χ2n) is 4.83. The molecular weight excluding hydrogens is 282 g/mol. The van der Waals surface area contributed by atoms with Crippen molar-refractivity contribution in [3.63, 3.8) is 0 Å². The van der Waals surface area contributed by atoms with E-state index >= 15 is 0 Å². The minimum Gasteiger partial charge on any atom is -0.439 e. The topological polar surface area (TPSA) is 22.1 Å². The van der Waals surface area contributed by atoms with Gasteiger partial charge in [0.05, 0.1) is 5.52 Å². The normalized spacial score (nSPS) is 10.8. The Labute approximate surface area is 129 Å². The fourth-order valence-corrected chi connectivity index (χ4v) is 2.61. The van der Waals surface area contributed by atoms with Gasteiger partial charge in [-0.25, -0.2) is 4.98 Å². The molecule has 0 aliphatic heterocycles. The molecule has 0 N–H and O–H groups in total. The molecule has 0 saturated heterocycles. The van der Waals surface area contributed by atoms with E-state index in [1.807, 2.05) is 48.5 Å². The molecule has 0 fully saturated rings. The van der Waals surface area contributed by atoms with E-state index in [9.17, 15) is 0 Å². The van der Waals surface area contributed by atoms with Crippen molar-refractivity contribution < 1.29 is 4.74 Å². The number of benzene rings is 2. The van der Waals surface area contributed by atoms with Gasteiger partial charge in [0.25, 0.3) is 0 Å². The Morgan fingerprint density at radius 1 is 1.00 bits per heavy atom. The van der Waals surface area contributed by atoms with Crippen LogP contribution in [0.3, 0.4) is 0 Å². The lowest BCUT2D eigenvalue weighted by Gasteiger charge is -2.11. The molecule has 0 bridgehead atoms. The predicted octanol–water partition coefficient (Wildman–Crippen LogP) is 5.33. The largest absolute Gasteiger partial charge is 0.439 e. The molecule has 3 rings (SSSR count). The van der Waals surface area contributed by atoms with Crippen LogP contribution in [0.4, 0.5) is 0 Å². The number of halogens is 1. The molecule has 0 aliphatic carbocycles. The number of rotatable bonds is 4. The summed E-state index contributed by atoms with van der Waals surface area (Å²) in [6, 6.07) is 17.9. The zero-order valence-corrected chi connectivity index (χ0v) is 12.6. The molecule has 2 aromatic carbocycles. The maximum Gasteiger partial charge on any atom is 0.220 e. The zero-order valence-electron chi connectivity index (χ0n) is 11.8. The third-order valence-electron chi connectivity index (χ3n) is 3.49. The summed E-state index contributed by atoms with van der Waals surface area (Å²) in [4.78, 5) is 4.57. The van der Waals surface area contributed by atoms with E-state index in [1.54, 1.807) is 0 Å². The van der Waals surface area contributed by atoms with Crippen LogP contribution < -0.4 is 4.74 Å². The van der Waals surface area contributed by atoms with E-state index in [2.05, 4.69) is 18.0 Å². The summed E-state index contributed by atoms with van der Waals surface area (Å²) in [5.41, 5.74) is 3.10. The van der Waals surface area contributed by atoms with Crippen LogP contribution in [-0.4, -0.2) is 4.98 Å². The lowest BCUT2D eigenvalue weighted by atomic mass is 10.1. The molecule has 0 saturated carbocycles. The molecule has 0 unspecified atom stereocenters. The molecule has 0 atom stereocenters. The predicted molar refractivity (Wildman–Crippen MR) is 87.2 cm³/mol. The van der Waals surface area contributed by atoms with E-state index in [0.717, 1.165) is 28.6 Å². The fraction of sp³-hybridized carbons (Fsp3) is 0.167. The Balaban J connectivity index is 2.05. The third-order valence-corrected chi connectivity index (χ3v) is 3.78. The first-order valence-electron chi connectivity index (χ1n) is 7.02. The molecule has 2 nitrogen and oxygen atoms in total. The molecule has 0 spiro atoms. The van der Waals surface area contributed by atoms with Gasteiger partial charge < -0.3 is 4.74 Å². The molecule has 0 amide bonds. The average molecular weight is 298 g/mol. The Bertz CT molecular complexity index is 770. The van der Waals surface area contributed by atoms with E-state index in [-0.39, 0.29) is 0 Å². The van der Waals surface area contributed by atoms with Crippen molar-refractivity contribution >= 4 is 22.5 Å². The zero-order chi connectivity index (χ0) is 14.7. The molecule has 1 aromatic heterocycles. The summed E-state index contributed by atoms with van der Waals surface area (Å²) in [5.74, 6) is 1.88. The van der Waals surface area contributed by atoms with E-state index in [0.29, 0.717) is 11.8 Å². The van der Waals surface area contributed by atoms with Crippen molar-refractivity contribution in [2.45, 2.75) is 19.2 Å². The lowest BCUT2D eigenvalue weighted by Crippen LogP contribution is -1.94. The smallest absolute Gasteiger partial charge is 0.220 e. The number of ether oxygens (including phenoxy) is 1. The van der Waals surface area contributed by atoms with Crippen molar-refractivity contribution in [3.05, 3.63) is 65.7 Å². The van der Waals surface area contributed by atoms with Gasteiger partial charge in [-0.1, -0.05) is 43.3 Å². The van der Waals surface area contributed by atoms with Crippen LogP contribution in [0.1, 0.15) is 18.1 Å². The Morgan fingerprint density at radius 2 is 1.76 bits per heavy atom. The minimum atomic E-state index is 0.439. The highest BCUT2D eigenvalue weighted by atomic mass is 35.5. The first kappa shape index (κ1) is 13.9. The SMILES string of the molecule is CCc1ccccc1Oc1cc(CCl)c2ccccc2n1. The second kappa shape index (κ2) is 6.15. The van der Waals surface area contributed by atoms with Gasteiger partial charge in [-0.15, -0.1) is 11.6 Å². The Morgan fingerprint density at radius 3 is 2.57 bits per heavy atom. The summed E-state index contributed by atoms with van der Waals surface area (Å²) < 4.78 is 5.98. The number of hydrogen-bond donors (Lipinski definition) is 0.